The van der Waals surface area contributed by atoms with Gasteiger partial charge in [0.15, 0.2) is 5.13 Å². The van der Waals surface area contributed by atoms with E-state index in [0.29, 0.717) is 32.3 Å². The van der Waals surface area contributed by atoms with Crippen molar-refractivity contribution in [1.82, 2.24) is 4.98 Å². The zero-order valence-electron chi connectivity index (χ0n) is 14.9. The van der Waals surface area contributed by atoms with E-state index in [0.717, 1.165) is 11.8 Å². The first-order valence-electron chi connectivity index (χ1n) is 7.94. The molecular weight excluding hydrogens is 466 g/mol. The van der Waals surface area contributed by atoms with Gasteiger partial charge in [0.1, 0.15) is 5.75 Å². The van der Waals surface area contributed by atoms with Crippen LogP contribution in [-0.2, 0) is 10.0 Å². The Hall–Kier alpha value is -2.43. The number of halogens is 1. The molecule has 0 spiro atoms. The molecule has 28 heavy (non-hydrogen) atoms. The highest BCUT2D eigenvalue weighted by Gasteiger charge is 2.12. The highest BCUT2D eigenvalue weighted by atomic mass is 79.9. The van der Waals surface area contributed by atoms with E-state index in [1.54, 1.807) is 49.6 Å². The molecule has 2 N–H and O–H groups in total. The number of methoxy groups -OCH3 is 1. The molecule has 0 saturated carbocycles. The summed E-state index contributed by atoms with van der Waals surface area (Å²) >= 11 is 4.66. The van der Waals surface area contributed by atoms with E-state index in [4.69, 9.17) is 4.74 Å². The predicted octanol–water partition coefficient (Wildman–Crippen LogP) is 4.21. The van der Waals surface area contributed by atoms with Crippen LogP contribution >= 0.6 is 27.3 Å². The van der Waals surface area contributed by atoms with Gasteiger partial charge in [-0.3, -0.25) is 14.8 Å². The molecule has 0 aliphatic heterocycles. The Labute approximate surface area is 175 Å². The fourth-order valence-corrected chi connectivity index (χ4v) is 4.18. The first-order valence-corrected chi connectivity index (χ1v) is 11.5. The van der Waals surface area contributed by atoms with Crippen molar-refractivity contribution in [3.05, 3.63) is 57.9 Å². The number of nitrogens with zero attached hydrogens (tertiary/aromatic N) is 1. The molecule has 3 rings (SSSR count). The van der Waals surface area contributed by atoms with Gasteiger partial charge in [0.25, 0.3) is 5.91 Å². The van der Waals surface area contributed by atoms with Gasteiger partial charge in [0.05, 0.1) is 23.5 Å². The van der Waals surface area contributed by atoms with Crippen LogP contribution in [0.3, 0.4) is 0 Å². The molecule has 0 unspecified atom stereocenters. The Morgan fingerprint density at radius 3 is 2.50 bits per heavy atom. The second-order valence-corrected chi connectivity index (χ2v) is 9.25. The zero-order valence-corrected chi connectivity index (χ0v) is 18.1. The highest BCUT2D eigenvalue weighted by Crippen LogP contribution is 2.28. The number of benzene rings is 2. The average molecular weight is 482 g/mol. The number of rotatable bonds is 6. The van der Waals surface area contributed by atoms with E-state index in [1.165, 1.54) is 11.3 Å². The third-order valence-corrected chi connectivity index (χ3v) is 5.61. The molecule has 146 valence electrons. The summed E-state index contributed by atoms with van der Waals surface area (Å²) in [6, 6.07) is 11.9. The molecule has 0 atom stereocenters. The smallest absolute Gasteiger partial charge is 0.257 e. The summed E-state index contributed by atoms with van der Waals surface area (Å²) in [5.41, 5.74) is 2.44. The van der Waals surface area contributed by atoms with Gasteiger partial charge in [-0.25, -0.2) is 13.4 Å². The van der Waals surface area contributed by atoms with Crippen molar-refractivity contribution < 1.29 is 17.9 Å². The normalized spacial score (nSPS) is 11.1. The molecule has 0 aliphatic carbocycles. The maximum absolute atomic E-state index is 12.4. The molecule has 1 aromatic heterocycles. The van der Waals surface area contributed by atoms with E-state index >= 15 is 0 Å². The van der Waals surface area contributed by atoms with Crippen LogP contribution < -0.4 is 14.8 Å². The number of nitrogens with one attached hydrogen (secondary N) is 2. The number of thiazole rings is 1. The van der Waals surface area contributed by atoms with Gasteiger partial charge in [-0.05, 0) is 46.3 Å². The highest BCUT2D eigenvalue weighted by molar-refractivity contribution is 9.10. The van der Waals surface area contributed by atoms with Crippen molar-refractivity contribution in [1.29, 1.82) is 0 Å². The van der Waals surface area contributed by atoms with Crippen molar-refractivity contribution in [2.75, 3.05) is 23.4 Å². The van der Waals surface area contributed by atoms with Crippen LogP contribution in [0.4, 0.5) is 10.8 Å². The second kappa shape index (κ2) is 8.29. The van der Waals surface area contributed by atoms with Crippen LogP contribution in [0, 0.1) is 0 Å². The molecule has 0 saturated heterocycles. The van der Waals surface area contributed by atoms with E-state index < -0.39 is 10.0 Å². The van der Waals surface area contributed by atoms with Crippen molar-refractivity contribution in [3.63, 3.8) is 0 Å². The summed E-state index contributed by atoms with van der Waals surface area (Å²) in [7, 11) is -1.76. The summed E-state index contributed by atoms with van der Waals surface area (Å²) in [5, 5.41) is 5.05. The largest absolute Gasteiger partial charge is 0.496 e. The van der Waals surface area contributed by atoms with Gasteiger partial charge in [-0.2, -0.15) is 0 Å². The minimum Gasteiger partial charge on any atom is -0.496 e. The van der Waals surface area contributed by atoms with E-state index in [2.05, 4.69) is 31.0 Å². The summed E-state index contributed by atoms with van der Waals surface area (Å²) in [4.78, 5) is 16.8. The Morgan fingerprint density at radius 1 is 1.18 bits per heavy atom. The molecule has 0 bridgehead atoms. The van der Waals surface area contributed by atoms with E-state index in [9.17, 15) is 13.2 Å². The molecule has 1 heterocycles. The van der Waals surface area contributed by atoms with Gasteiger partial charge in [-0.15, -0.1) is 11.3 Å². The van der Waals surface area contributed by atoms with Crippen LogP contribution in [0.5, 0.6) is 5.75 Å². The molecule has 10 heteroatoms. The Balaban J connectivity index is 1.71. The lowest BCUT2D eigenvalue weighted by atomic mass is 10.1. The van der Waals surface area contributed by atoms with E-state index in [1.807, 2.05) is 5.38 Å². The molecule has 7 nitrogen and oxygen atoms in total. The SMILES string of the molecule is COc1ccc(C(=O)Nc2nc(-c3ccc(NS(C)(=O)=O)cc3)cs2)cc1Br. The fraction of sp³-hybridized carbons (Fsp3) is 0.111. The minimum absolute atomic E-state index is 0.281. The van der Waals surface area contributed by atoms with Gasteiger partial charge in [0.2, 0.25) is 10.0 Å². The zero-order chi connectivity index (χ0) is 20.3. The monoisotopic (exact) mass is 481 g/mol. The van der Waals surface area contributed by atoms with Crippen LogP contribution in [0.1, 0.15) is 10.4 Å². The van der Waals surface area contributed by atoms with Crippen LogP contribution in [0.15, 0.2) is 52.3 Å². The number of carbonyl (C=O) groups excluding carboxylic acids is 1. The van der Waals surface area contributed by atoms with Crippen molar-refractivity contribution in [3.8, 4) is 17.0 Å². The molecular formula is C18H16BrN3O4S2. The third kappa shape index (κ3) is 5.09. The summed E-state index contributed by atoms with van der Waals surface area (Å²) in [6.45, 7) is 0. The first-order chi connectivity index (χ1) is 13.2. The molecule has 0 fully saturated rings. The lowest BCUT2D eigenvalue weighted by Gasteiger charge is -2.06. The number of aromatic nitrogens is 1. The summed E-state index contributed by atoms with van der Waals surface area (Å²) in [6.07, 6.45) is 1.09. The number of hydrogen-bond acceptors (Lipinski definition) is 6. The molecule has 0 radical (unpaired) electrons. The number of hydrogen-bond donors (Lipinski definition) is 2. The second-order valence-electron chi connectivity index (χ2n) is 5.79. The predicted molar refractivity (Wildman–Crippen MR) is 115 cm³/mol. The molecule has 1 amide bonds. The van der Waals surface area contributed by atoms with Crippen molar-refractivity contribution in [2.45, 2.75) is 0 Å². The van der Waals surface area contributed by atoms with Gasteiger partial charge < -0.3 is 4.74 Å². The summed E-state index contributed by atoms with van der Waals surface area (Å²) in [5.74, 6) is 0.360. The topological polar surface area (TPSA) is 97.4 Å². The van der Waals surface area contributed by atoms with Gasteiger partial charge >= 0.3 is 0 Å². The lowest BCUT2D eigenvalue weighted by Crippen LogP contribution is -2.11. The molecule has 0 aliphatic rings. The van der Waals surface area contributed by atoms with Gasteiger partial charge in [0, 0.05) is 22.2 Å². The number of carbonyl (C=O) groups is 1. The number of anilines is 2. The van der Waals surface area contributed by atoms with Crippen molar-refractivity contribution in [2.24, 2.45) is 0 Å². The average Bonchev–Trinajstić information content (AvgIpc) is 3.09. The first kappa shape index (κ1) is 20.3. The number of amides is 1. The van der Waals surface area contributed by atoms with Crippen LogP contribution in [0.2, 0.25) is 0 Å². The lowest BCUT2D eigenvalue weighted by molar-refractivity contribution is 0.102. The Morgan fingerprint density at radius 2 is 1.89 bits per heavy atom. The van der Waals surface area contributed by atoms with Gasteiger partial charge in [-0.1, -0.05) is 12.1 Å². The maximum atomic E-state index is 12.4. The molecule has 2 aromatic carbocycles. The summed E-state index contributed by atoms with van der Waals surface area (Å²) < 4.78 is 30.8. The fourth-order valence-electron chi connectivity index (χ4n) is 2.36. The minimum atomic E-state index is -3.32. The molecule has 3 aromatic rings. The number of ether oxygens (including phenoxy) is 1. The van der Waals surface area contributed by atoms with Crippen LogP contribution in [-0.4, -0.2) is 32.7 Å². The quantitative estimate of drug-likeness (QED) is 0.549. The third-order valence-electron chi connectivity index (χ3n) is 3.62. The van der Waals surface area contributed by atoms with E-state index in [-0.39, 0.29) is 5.91 Å². The Bertz CT molecular complexity index is 1110. The Kier molecular flexibility index (Phi) is 6.01. The van der Waals surface area contributed by atoms with Crippen molar-refractivity contribution >= 4 is 54.0 Å². The van der Waals surface area contributed by atoms with Crippen LogP contribution in [0.25, 0.3) is 11.3 Å². The number of sulfonamides is 1. The maximum Gasteiger partial charge on any atom is 0.257 e. The standard InChI is InChI=1S/C18H16BrN3O4S2/c1-26-16-8-5-12(9-14(16)19)17(23)21-18-20-15(10-27-18)11-3-6-13(7-4-11)22-28(2,24)25/h3-10,22H,1-2H3,(H,20,21,23).